The lowest BCUT2D eigenvalue weighted by Gasteiger charge is -2.38. The number of fused-ring (bicyclic) bond motifs is 7. The molecule has 8 rings (SSSR count). The highest BCUT2D eigenvalue weighted by molar-refractivity contribution is 6.27. The van der Waals surface area contributed by atoms with E-state index in [-0.39, 0.29) is 18.6 Å². The Hall–Kier alpha value is -4.91. The third kappa shape index (κ3) is 3.14. The maximum atomic E-state index is 14.4. The van der Waals surface area contributed by atoms with Crippen LogP contribution in [-0.2, 0) is 14.4 Å². The first-order valence-corrected chi connectivity index (χ1v) is 13.3. The Kier molecular flexibility index (Phi) is 4.77. The number of anilines is 1. The fourth-order valence-electron chi connectivity index (χ4n) is 6.76. The van der Waals surface area contributed by atoms with Gasteiger partial charge in [0.15, 0.2) is 11.5 Å². The van der Waals surface area contributed by atoms with Crippen molar-refractivity contribution in [2.75, 3.05) is 11.7 Å². The molecule has 1 saturated heterocycles. The van der Waals surface area contributed by atoms with E-state index in [9.17, 15) is 14.4 Å². The number of benzene rings is 4. The molecule has 4 aliphatic rings. The summed E-state index contributed by atoms with van der Waals surface area (Å²) in [5.74, 6) is -2.59. The zero-order chi connectivity index (χ0) is 27.1. The molecule has 3 aliphatic heterocycles. The SMILES string of the molecule is Cc1ccc2c(c1)OC(=O)[C@@H]1C2=C[C@H](c2ccc3c(c2)OCO3)[C@H]2C(=O)N(c3cccc4ccccc34)C(=O)[C@H]12. The Morgan fingerprint density at radius 1 is 0.775 bits per heavy atom. The van der Waals surface area contributed by atoms with Gasteiger partial charge in [-0.15, -0.1) is 0 Å². The molecule has 0 unspecified atom stereocenters. The van der Waals surface area contributed by atoms with E-state index in [1.807, 2.05) is 85.8 Å². The van der Waals surface area contributed by atoms with Gasteiger partial charge in [-0.3, -0.25) is 14.4 Å². The molecule has 0 N–H and O–H groups in total. The molecule has 0 saturated carbocycles. The van der Waals surface area contributed by atoms with Gasteiger partial charge in [-0.2, -0.15) is 0 Å². The van der Waals surface area contributed by atoms with Crippen molar-refractivity contribution < 1.29 is 28.6 Å². The fraction of sp³-hybridized carbons (Fsp3) is 0.182. The number of amides is 2. The topological polar surface area (TPSA) is 82.1 Å². The molecular weight excluding hydrogens is 506 g/mol. The second-order valence-corrected chi connectivity index (χ2v) is 10.7. The molecule has 0 radical (unpaired) electrons. The Morgan fingerprint density at radius 2 is 1.57 bits per heavy atom. The molecule has 40 heavy (non-hydrogen) atoms. The van der Waals surface area contributed by atoms with E-state index in [1.165, 1.54) is 4.90 Å². The number of hydrogen-bond acceptors (Lipinski definition) is 6. The van der Waals surface area contributed by atoms with Gasteiger partial charge in [0, 0.05) is 16.9 Å². The minimum atomic E-state index is -0.913. The van der Waals surface area contributed by atoms with Crippen molar-refractivity contribution in [3.05, 3.63) is 102 Å². The van der Waals surface area contributed by atoms with E-state index in [0.717, 1.165) is 33.0 Å². The molecule has 4 aromatic carbocycles. The normalized spacial score (nSPS) is 24.4. The van der Waals surface area contributed by atoms with Crippen LogP contribution in [0.5, 0.6) is 17.2 Å². The Morgan fingerprint density at radius 3 is 2.48 bits per heavy atom. The summed E-state index contributed by atoms with van der Waals surface area (Å²) in [4.78, 5) is 43.6. The number of rotatable bonds is 2. The number of nitrogens with zero attached hydrogens (tertiary/aromatic N) is 1. The average Bonchev–Trinajstić information content (AvgIpc) is 3.54. The van der Waals surface area contributed by atoms with Crippen molar-refractivity contribution in [3.8, 4) is 17.2 Å². The quantitative estimate of drug-likeness (QED) is 0.197. The van der Waals surface area contributed by atoms with Gasteiger partial charge in [-0.05, 0) is 53.3 Å². The number of hydrogen-bond donors (Lipinski definition) is 0. The van der Waals surface area contributed by atoms with Gasteiger partial charge in [-0.25, -0.2) is 4.90 Å². The molecule has 1 fully saturated rings. The van der Waals surface area contributed by atoms with Crippen LogP contribution in [0.4, 0.5) is 5.69 Å². The molecule has 4 atom stereocenters. The summed E-state index contributed by atoms with van der Waals surface area (Å²) >= 11 is 0. The predicted octanol–water partition coefficient (Wildman–Crippen LogP) is 5.40. The average molecular weight is 530 g/mol. The molecular formula is C33H23NO6. The van der Waals surface area contributed by atoms with Crippen LogP contribution in [0.3, 0.4) is 0 Å². The summed E-state index contributed by atoms with van der Waals surface area (Å²) in [7, 11) is 0. The molecule has 3 heterocycles. The first-order chi connectivity index (χ1) is 19.5. The van der Waals surface area contributed by atoms with Crippen LogP contribution in [-0.4, -0.2) is 24.6 Å². The minimum absolute atomic E-state index is 0.128. The van der Waals surface area contributed by atoms with Gasteiger partial charge in [0.1, 0.15) is 5.75 Å². The van der Waals surface area contributed by atoms with E-state index in [0.29, 0.717) is 22.9 Å². The lowest BCUT2D eigenvalue weighted by Crippen LogP contribution is -2.42. The summed E-state index contributed by atoms with van der Waals surface area (Å²) in [5.41, 5.74) is 3.78. The largest absolute Gasteiger partial charge is 0.454 e. The van der Waals surface area contributed by atoms with Crippen LogP contribution in [0.25, 0.3) is 16.3 Å². The standard InChI is InChI=1S/C33H23NO6/c1-17-9-11-21-23-15-22(19-10-12-25-27(14-19)39-16-38-25)28-30(29(23)33(37)40-26(21)13-17)32(36)34(31(28)35)24-8-4-6-18-5-2-3-7-20(18)24/h2-15,22,28-30H,16H2,1H3/t22-,28-,29-,30+/m1/s1. The second kappa shape index (κ2) is 8.29. The second-order valence-electron chi connectivity index (χ2n) is 10.7. The predicted molar refractivity (Wildman–Crippen MR) is 147 cm³/mol. The maximum Gasteiger partial charge on any atom is 0.319 e. The first-order valence-electron chi connectivity index (χ1n) is 13.3. The molecule has 0 spiro atoms. The van der Waals surface area contributed by atoms with Crippen LogP contribution in [0, 0.1) is 24.7 Å². The van der Waals surface area contributed by atoms with E-state index in [4.69, 9.17) is 14.2 Å². The molecule has 0 aromatic heterocycles. The molecule has 4 aromatic rings. The van der Waals surface area contributed by atoms with Crippen LogP contribution in [0.1, 0.15) is 22.6 Å². The van der Waals surface area contributed by atoms with E-state index in [1.54, 1.807) is 6.07 Å². The van der Waals surface area contributed by atoms with Gasteiger partial charge in [0.2, 0.25) is 18.6 Å². The van der Waals surface area contributed by atoms with E-state index >= 15 is 0 Å². The number of ether oxygens (including phenoxy) is 3. The van der Waals surface area contributed by atoms with E-state index < -0.39 is 29.6 Å². The third-order valence-electron chi connectivity index (χ3n) is 8.54. The summed E-state index contributed by atoms with van der Waals surface area (Å²) in [5, 5.41) is 1.72. The van der Waals surface area contributed by atoms with Gasteiger partial charge in [-0.1, -0.05) is 60.7 Å². The Balaban J connectivity index is 1.34. The summed E-state index contributed by atoms with van der Waals surface area (Å²) in [6.07, 6.45) is 1.98. The zero-order valence-corrected chi connectivity index (χ0v) is 21.5. The lowest BCUT2D eigenvalue weighted by molar-refractivity contribution is -0.142. The third-order valence-corrected chi connectivity index (χ3v) is 8.54. The lowest BCUT2D eigenvalue weighted by atomic mass is 9.64. The van der Waals surface area contributed by atoms with Gasteiger partial charge >= 0.3 is 5.97 Å². The molecule has 196 valence electrons. The minimum Gasteiger partial charge on any atom is -0.454 e. The van der Waals surface area contributed by atoms with Gasteiger partial charge in [0.05, 0.1) is 23.4 Å². The van der Waals surface area contributed by atoms with Crippen LogP contribution < -0.4 is 19.1 Å². The zero-order valence-electron chi connectivity index (χ0n) is 21.5. The summed E-state index contributed by atoms with van der Waals surface area (Å²) in [6.45, 7) is 2.06. The highest BCUT2D eigenvalue weighted by Gasteiger charge is 2.60. The fourth-order valence-corrected chi connectivity index (χ4v) is 6.76. The summed E-state index contributed by atoms with van der Waals surface area (Å²) < 4.78 is 16.9. The molecule has 0 bridgehead atoms. The Bertz CT molecular complexity index is 1820. The van der Waals surface area contributed by atoms with Crippen molar-refractivity contribution >= 4 is 39.8 Å². The molecule has 2 amide bonds. The van der Waals surface area contributed by atoms with Crippen LogP contribution in [0.15, 0.2) is 84.9 Å². The number of aryl methyl sites for hydroxylation is 1. The highest BCUT2D eigenvalue weighted by atomic mass is 16.7. The first kappa shape index (κ1) is 23.0. The number of carbonyl (C=O) groups is 3. The molecule has 1 aliphatic carbocycles. The van der Waals surface area contributed by atoms with Crippen LogP contribution in [0.2, 0.25) is 0 Å². The van der Waals surface area contributed by atoms with Crippen molar-refractivity contribution in [2.45, 2.75) is 12.8 Å². The van der Waals surface area contributed by atoms with Crippen molar-refractivity contribution in [2.24, 2.45) is 17.8 Å². The molecule has 7 heteroatoms. The number of esters is 1. The Labute approximate surface area is 229 Å². The van der Waals surface area contributed by atoms with Gasteiger partial charge in [0.25, 0.3) is 0 Å². The van der Waals surface area contributed by atoms with Crippen molar-refractivity contribution in [3.63, 3.8) is 0 Å². The van der Waals surface area contributed by atoms with Gasteiger partial charge < -0.3 is 14.2 Å². The maximum absolute atomic E-state index is 14.4. The smallest absolute Gasteiger partial charge is 0.319 e. The van der Waals surface area contributed by atoms with E-state index in [2.05, 4.69) is 0 Å². The van der Waals surface area contributed by atoms with Crippen molar-refractivity contribution in [1.82, 2.24) is 0 Å². The molecule has 7 nitrogen and oxygen atoms in total. The summed E-state index contributed by atoms with van der Waals surface area (Å²) in [6, 6.07) is 24.6. The van der Waals surface area contributed by atoms with Crippen LogP contribution >= 0.6 is 0 Å². The highest BCUT2D eigenvalue weighted by Crippen LogP contribution is 2.55. The number of carbonyl (C=O) groups excluding carboxylic acids is 3. The number of imide groups is 1. The monoisotopic (exact) mass is 529 g/mol. The van der Waals surface area contributed by atoms with Crippen molar-refractivity contribution in [1.29, 1.82) is 0 Å². The number of allylic oxidation sites excluding steroid dienone is 1.